The molecule has 22 heavy (non-hydrogen) atoms. The number of ether oxygens (including phenoxy) is 1. The van der Waals surface area contributed by atoms with Gasteiger partial charge in [-0.05, 0) is 36.8 Å². The molecule has 4 nitrogen and oxygen atoms in total. The number of hydrogen-bond acceptors (Lipinski definition) is 4. The number of esters is 1. The van der Waals surface area contributed by atoms with Gasteiger partial charge in [-0.15, -0.1) is 0 Å². The van der Waals surface area contributed by atoms with Crippen molar-refractivity contribution in [2.75, 3.05) is 11.9 Å². The molecule has 2 aromatic rings. The highest BCUT2D eigenvalue weighted by molar-refractivity contribution is 7.80. The number of carbonyl (C=O) groups excluding carboxylic acids is 2. The summed E-state index contributed by atoms with van der Waals surface area (Å²) in [7, 11) is 0. The third-order valence-corrected chi connectivity index (χ3v) is 3.55. The van der Waals surface area contributed by atoms with Crippen LogP contribution < -0.4 is 5.32 Å². The average molecular weight is 315 g/mol. The van der Waals surface area contributed by atoms with Crippen molar-refractivity contribution in [3.8, 4) is 0 Å². The maximum Gasteiger partial charge on any atom is 0.323 e. The Morgan fingerprint density at radius 3 is 2.50 bits per heavy atom. The first kappa shape index (κ1) is 16.1. The Morgan fingerprint density at radius 2 is 1.86 bits per heavy atom. The summed E-state index contributed by atoms with van der Waals surface area (Å²) in [6.45, 7) is 3.23. The lowest BCUT2D eigenvalue weighted by molar-refractivity contribution is -0.148. The van der Waals surface area contributed by atoms with Crippen LogP contribution in [0.25, 0.3) is 10.8 Å². The average Bonchev–Trinajstić information content (AvgIpc) is 2.47. The van der Waals surface area contributed by atoms with Crippen LogP contribution in [-0.4, -0.2) is 23.3 Å². The first-order chi connectivity index (χ1) is 10.5. The van der Waals surface area contributed by atoms with Gasteiger partial charge in [0.2, 0.25) is 0 Å². The van der Waals surface area contributed by atoms with E-state index >= 15 is 0 Å². The van der Waals surface area contributed by atoms with E-state index in [1.165, 1.54) is 6.92 Å². The summed E-state index contributed by atoms with van der Waals surface area (Å²) < 4.78 is 4.91. The van der Waals surface area contributed by atoms with Gasteiger partial charge in [0.15, 0.2) is 11.7 Å². The number of ketones is 1. The molecule has 0 radical (unpaired) electrons. The summed E-state index contributed by atoms with van der Waals surface area (Å²) >= 11 is 5.21. The fourth-order valence-electron chi connectivity index (χ4n) is 2.16. The lowest BCUT2D eigenvalue weighted by Gasteiger charge is -2.16. The number of fused-ring (bicyclic) bond motifs is 1. The Balaban J connectivity index is 2.20. The molecule has 1 N–H and O–H groups in total. The molecule has 0 heterocycles. The van der Waals surface area contributed by atoms with Gasteiger partial charge in [0.25, 0.3) is 0 Å². The van der Waals surface area contributed by atoms with Gasteiger partial charge in [-0.25, -0.2) is 0 Å². The normalized spacial score (nSPS) is 11.7. The molecule has 0 saturated carbocycles. The third kappa shape index (κ3) is 3.68. The van der Waals surface area contributed by atoms with Crippen molar-refractivity contribution in [1.29, 1.82) is 0 Å². The van der Waals surface area contributed by atoms with Gasteiger partial charge in [-0.2, -0.15) is 0 Å². The highest BCUT2D eigenvalue weighted by Crippen LogP contribution is 2.20. The maximum absolute atomic E-state index is 11.9. The van der Waals surface area contributed by atoms with Gasteiger partial charge < -0.3 is 10.1 Å². The van der Waals surface area contributed by atoms with E-state index in [1.807, 2.05) is 42.5 Å². The van der Waals surface area contributed by atoms with Gasteiger partial charge in [0, 0.05) is 5.69 Å². The quantitative estimate of drug-likeness (QED) is 0.521. The SMILES string of the molecule is CCOC(=O)C(C(C)=O)C(=S)Nc1ccc2ccccc2c1. The molecule has 114 valence electrons. The summed E-state index contributed by atoms with van der Waals surface area (Å²) in [5.74, 6) is -2.02. The van der Waals surface area contributed by atoms with Gasteiger partial charge in [-0.3, -0.25) is 9.59 Å². The van der Waals surface area contributed by atoms with E-state index < -0.39 is 11.9 Å². The van der Waals surface area contributed by atoms with Crippen LogP contribution >= 0.6 is 12.2 Å². The molecule has 0 aliphatic heterocycles. The molecule has 2 rings (SSSR count). The lowest BCUT2D eigenvalue weighted by atomic mass is 10.0. The van der Waals surface area contributed by atoms with Crippen molar-refractivity contribution < 1.29 is 14.3 Å². The fourth-order valence-corrected chi connectivity index (χ4v) is 2.54. The molecule has 0 aromatic heterocycles. The molecule has 1 unspecified atom stereocenters. The predicted octanol–water partition coefficient (Wildman–Crippen LogP) is 3.35. The minimum absolute atomic E-state index is 0.154. The zero-order chi connectivity index (χ0) is 16.1. The van der Waals surface area contributed by atoms with Crippen LogP contribution in [-0.2, 0) is 14.3 Å². The van der Waals surface area contributed by atoms with E-state index in [0.717, 1.165) is 16.5 Å². The van der Waals surface area contributed by atoms with Crippen LogP contribution in [0.15, 0.2) is 42.5 Å². The Bertz CT molecular complexity index is 727. The van der Waals surface area contributed by atoms with Crippen molar-refractivity contribution in [1.82, 2.24) is 0 Å². The predicted molar refractivity (Wildman–Crippen MR) is 91.0 cm³/mol. The van der Waals surface area contributed by atoms with E-state index in [-0.39, 0.29) is 17.4 Å². The number of hydrogen-bond donors (Lipinski definition) is 1. The molecule has 1 atom stereocenters. The summed E-state index contributed by atoms with van der Waals surface area (Å²) in [4.78, 5) is 23.7. The second kappa shape index (κ2) is 7.13. The maximum atomic E-state index is 11.9. The zero-order valence-electron chi connectivity index (χ0n) is 12.5. The molecule has 0 aliphatic rings. The number of Topliss-reactive ketones (excluding diaryl/α,β-unsaturated/α-hetero) is 1. The highest BCUT2D eigenvalue weighted by atomic mass is 32.1. The summed E-state index contributed by atoms with van der Waals surface area (Å²) in [6.07, 6.45) is 0. The van der Waals surface area contributed by atoms with Crippen LogP contribution in [0.3, 0.4) is 0 Å². The molecule has 0 amide bonds. The Morgan fingerprint density at radius 1 is 1.18 bits per heavy atom. The van der Waals surface area contributed by atoms with Crippen LogP contribution in [0.4, 0.5) is 5.69 Å². The number of benzene rings is 2. The van der Waals surface area contributed by atoms with Gasteiger partial charge >= 0.3 is 5.97 Å². The minimum Gasteiger partial charge on any atom is -0.465 e. The zero-order valence-corrected chi connectivity index (χ0v) is 13.3. The van der Waals surface area contributed by atoms with Gasteiger partial charge in [-0.1, -0.05) is 42.5 Å². The van der Waals surface area contributed by atoms with Crippen LogP contribution in [0, 0.1) is 5.92 Å². The number of carbonyl (C=O) groups is 2. The first-order valence-electron chi connectivity index (χ1n) is 6.99. The molecule has 0 saturated heterocycles. The molecule has 0 bridgehead atoms. The number of anilines is 1. The summed E-state index contributed by atoms with van der Waals surface area (Å²) in [6, 6.07) is 13.6. The smallest absolute Gasteiger partial charge is 0.323 e. The minimum atomic E-state index is -1.07. The number of nitrogens with one attached hydrogen (secondary N) is 1. The summed E-state index contributed by atoms with van der Waals surface area (Å²) in [5.41, 5.74) is 0.735. The number of thiocarbonyl (C=S) groups is 1. The largest absolute Gasteiger partial charge is 0.465 e. The van der Waals surface area contributed by atoms with Crippen molar-refractivity contribution in [3.05, 3.63) is 42.5 Å². The molecule has 0 spiro atoms. The monoisotopic (exact) mass is 315 g/mol. The number of rotatable bonds is 5. The third-order valence-electron chi connectivity index (χ3n) is 3.21. The van der Waals surface area contributed by atoms with Crippen molar-refractivity contribution in [3.63, 3.8) is 0 Å². The van der Waals surface area contributed by atoms with Gasteiger partial charge in [0.05, 0.1) is 6.61 Å². The van der Waals surface area contributed by atoms with E-state index in [4.69, 9.17) is 17.0 Å². The van der Waals surface area contributed by atoms with Crippen LogP contribution in [0.2, 0.25) is 0 Å². The van der Waals surface area contributed by atoms with Crippen LogP contribution in [0.5, 0.6) is 0 Å². The molecular weight excluding hydrogens is 298 g/mol. The lowest BCUT2D eigenvalue weighted by Crippen LogP contribution is -2.35. The van der Waals surface area contributed by atoms with E-state index in [9.17, 15) is 9.59 Å². The molecule has 0 fully saturated rings. The van der Waals surface area contributed by atoms with Gasteiger partial charge in [0.1, 0.15) is 4.99 Å². The Hall–Kier alpha value is -2.27. The summed E-state index contributed by atoms with van der Waals surface area (Å²) in [5, 5.41) is 5.12. The second-order valence-corrected chi connectivity index (χ2v) is 5.29. The molecule has 0 aliphatic carbocycles. The molecule has 5 heteroatoms. The van der Waals surface area contributed by atoms with E-state index in [2.05, 4.69) is 5.32 Å². The molecule has 2 aromatic carbocycles. The van der Waals surface area contributed by atoms with E-state index in [0.29, 0.717) is 0 Å². The standard InChI is InChI=1S/C17H17NO3S/c1-3-21-17(20)15(11(2)19)16(22)18-14-9-8-12-6-4-5-7-13(12)10-14/h4-10,15H,3H2,1-2H3,(H,18,22). The van der Waals surface area contributed by atoms with E-state index in [1.54, 1.807) is 6.92 Å². The van der Waals surface area contributed by atoms with Crippen molar-refractivity contribution in [2.45, 2.75) is 13.8 Å². The first-order valence-corrected chi connectivity index (χ1v) is 7.40. The highest BCUT2D eigenvalue weighted by Gasteiger charge is 2.29. The van der Waals surface area contributed by atoms with Crippen molar-refractivity contribution >= 4 is 45.4 Å². The topological polar surface area (TPSA) is 55.4 Å². The Kier molecular flexibility index (Phi) is 5.22. The Labute approximate surface area is 134 Å². The molecular formula is C17H17NO3S. The fraction of sp³-hybridized carbons (Fsp3) is 0.235. The second-order valence-electron chi connectivity index (χ2n) is 4.85. The van der Waals surface area contributed by atoms with Crippen molar-refractivity contribution in [2.24, 2.45) is 5.92 Å². The van der Waals surface area contributed by atoms with Crippen LogP contribution in [0.1, 0.15) is 13.8 Å².